The molecule has 0 radical (unpaired) electrons. The largest absolute Gasteiger partial charge is 0.507 e. The molecule has 1 aromatic rings. The van der Waals surface area contributed by atoms with Gasteiger partial charge in [-0.25, -0.2) is 0 Å². The topological polar surface area (TPSA) is 37.3 Å². The third-order valence-corrected chi connectivity index (χ3v) is 2.44. The summed E-state index contributed by atoms with van der Waals surface area (Å²) in [7, 11) is 0. The Labute approximate surface area is 99.9 Å². The van der Waals surface area contributed by atoms with Crippen LogP contribution in [0.15, 0.2) is 37.4 Å². The fourth-order valence-electron chi connectivity index (χ4n) is 1.50. The summed E-state index contributed by atoms with van der Waals surface area (Å²) < 4.78 is 0. The second kappa shape index (κ2) is 5.52. The third kappa shape index (κ3) is 2.74. The van der Waals surface area contributed by atoms with E-state index in [2.05, 4.69) is 13.2 Å². The van der Waals surface area contributed by atoms with Crippen molar-refractivity contribution in [1.29, 1.82) is 0 Å². The van der Waals surface area contributed by atoms with Gasteiger partial charge < -0.3 is 5.11 Å². The molecule has 16 heavy (non-hydrogen) atoms. The second-order valence-electron chi connectivity index (χ2n) is 3.40. The lowest BCUT2D eigenvalue weighted by atomic mass is 10.00. The van der Waals surface area contributed by atoms with Crippen molar-refractivity contribution < 1.29 is 9.90 Å². The molecule has 1 rings (SSSR count). The minimum absolute atomic E-state index is 0.182. The van der Waals surface area contributed by atoms with Gasteiger partial charge in [-0.1, -0.05) is 12.2 Å². The van der Waals surface area contributed by atoms with Gasteiger partial charge in [0.2, 0.25) is 0 Å². The SMILES string of the molecule is C=CCc1cc(C(=O)Cl)cc(CC=C)c1O. The highest BCUT2D eigenvalue weighted by Crippen LogP contribution is 2.26. The van der Waals surface area contributed by atoms with Crippen LogP contribution in [0.4, 0.5) is 0 Å². The molecule has 2 nitrogen and oxygen atoms in total. The second-order valence-corrected chi connectivity index (χ2v) is 3.75. The summed E-state index contributed by atoms with van der Waals surface area (Å²) in [5, 5.41) is 9.38. The van der Waals surface area contributed by atoms with Crippen LogP contribution in [0.5, 0.6) is 5.75 Å². The zero-order valence-electron chi connectivity index (χ0n) is 8.87. The fraction of sp³-hybridized carbons (Fsp3) is 0.154. The predicted octanol–water partition coefficient (Wildman–Crippen LogP) is 3.23. The highest BCUT2D eigenvalue weighted by molar-refractivity contribution is 6.67. The normalized spacial score (nSPS) is 9.81. The predicted molar refractivity (Wildman–Crippen MR) is 66.1 cm³/mol. The van der Waals surface area contributed by atoms with Gasteiger partial charge in [-0.15, -0.1) is 13.2 Å². The average molecular weight is 237 g/mol. The molecule has 1 aromatic carbocycles. The molecule has 0 saturated heterocycles. The van der Waals surface area contributed by atoms with Gasteiger partial charge >= 0.3 is 0 Å². The molecule has 0 fully saturated rings. The van der Waals surface area contributed by atoms with Gasteiger partial charge in [0, 0.05) is 5.56 Å². The van der Waals surface area contributed by atoms with E-state index in [-0.39, 0.29) is 5.75 Å². The number of hydrogen-bond acceptors (Lipinski definition) is 2. The Morgan fingerprint density at radius 3 is 2.00 bits per heavy atom. The van der Waals surface area contributed by atoms with E-state index in [0.29, 0.717) is 29.5 Å². The number of rotatable bonds is 5. The molecule has 0 heterocycles. The van der Waals surface area contributed by atoms with Crippen LogP contribution in [0.2, 0.25) is 0 Å². The Balaban J connectivity index is 3.31. The van der Waals surface area contributed by atoms with Crippen molar-refractivity contribution in [3.63, 3.8) is 0 Å². The summed E-state index contributed by atoms with van der Waals surface area (Å²) in [4.78, 5) is 11.1. The number of benzene rings is 1. The first-order valence-electron chi connectivity index (χ1n) is 4.86. The third-order valence-electron chi connectivity index (χ3n) is 2.22. The van der Waals surface area contributed by atoms with E-state index in [1.165, 1.54) is 0 Å². The minimum atomic E-state index is -0.532. The molecular formula is C13H13ClO2. The molecule has 0 bridgehead atoms. The molecule has 1 N–H and O–H groups in total. The van der Waals surface area contributed by atoms with Crippen molar-refractivity contribution in [3.8, 4) is 5.75 Å². The van der Waals surface area contributed by atoms with Crippen molar-refractivity contribution in [2.45, 2.75) is 12.8 Å². The van der Waals surface area contributed by atoms with E-state index in [1.54, 1.807) is 24.3 Å². The van der Waals surface area contributed by atoms with Crippen molar-refractivity contribution >= 4 is 16.8 Å². The molecule has 0 saturated carbocycles. The quantitative estimate of drug-likeness (QED) is 0.630. The number of allylic oxidation sites excluding steroid dienone is 2. The first-order valence-corrected chi connectivity index (χ1v) is 5.24. The van der Waals surface area contributed by atoms with Crippen LogP contribution in [0.1, 0.15) is 21.5 Å². The van der Waals surface area contributed by atoms with Crippen LogP contribution in [-0.2, 0) is 12.8 Å². The number of phenolic OH excluding ortho intramolecular Hbond substituents is 1. The molecule has 0 unspecified atom stereocenters. The van der Waals surface area contributed by atoms with E-state index < -0.39 is 5.24 Å². The van der Waals surface area contributed by atoms with Crippen molar-refractivity contribution in [1.82, 2.24) is 0 Å². The summed E-state index contributed by atoms with van der Waals surface area (Å²) in [6, 6.07) is 3.16. The number of carbonyl (C=O) groups is 1. The van der Waals surface area contributed by atoms with Gasteiger partial charge in [0.05, 0.1) is 0 Å². The van der Waals surface area contributed by atoms with Crippen LogP contribution in [0.25, 0.3) is 0 Å². The first-order chi connectivity index (χ1) is 7.60. The monoisotopic (exact) mass is 236 g/mol. The van der Waals surface area contributed by atoms with E-state index in [1.807, 2.05) is 0 Å². The van der Waals surface area contributed by atoms with Crippen LogP contribution < -0.4 is 0 Å². The van der Waals surface area contributed by atoms with Gasteiger partial charge in [0.1, 0.15) is 5.75 Å². The van der Waals surface area contributed by atoms with Gasteiger partial charge in [0.15, 0.2) is 0 Å². The average Bonchev–Trinajstić information content (AvgIpc) is 2.24. The van der Waals surface area contributed by atoms with Gasteiger partial charge in [-0.3, -0.25) is 4.79 Å². The van der Waals surface area contributed by atoms with Crippen molar-refractivity contribution in [2.75, 3.05) is 0 Å². The molecule has 0 spiro atoms. The number of carbonyl (C=O) groups excluding carboxylic acids is 1. The van der Waals surface area contributed by atoms with E-state index in [0.717, 1.165) is 0 Å². The Hall–Kier alpha value is -1.54. The fourth-order valence-corrected chi connectivity index (χ4v) is 1.60. The molecule has 0 aliphatic carbocycles. The van der Waals surface area contributed by atoms with Crippen LogP contribution >= 0.6 is 11.6 Å². The maximum Gasteiger partial charge on any atom is 0.252 e. The number of phenols is 1. The smallest absolute Gasteiger partial charge is 0.252 e. The van der Waals surface area contributed by atoms with Gasteiger partial charge in [-0.05, 0) is 47.7 Å². The van der Waals surface area contributed by atoms with Crippen LogP contribution in [-0.4, -0.2) is 10.3 Å². The van der Waals surface area contributed by atoms with Gasteiger partial charge in [-0.2, -0.15) is 0 Å². The maximum absolute atomic E-state index is 11.1. The molecule has 0 aliphatic heterocycles. The Kier molecular flexibility index (Phi) is 4.32. The van der Waals surface area contributed by atoms with Crippen LogP contribution in [0.3, 0.4) is 0 Å². The molecular weight excluding hydrogens is 224 g/mol. The van der Waals surface area contributed by atoms with Crippen molar-refractivity contribution in [2.24, 2.45) is 0 Å². The summed E-state index contributed by atoms with van der Waals surface area (Å²) in [5.41, 5.74) is 1.69. The van der Waals surface area contributed by atoms with Crippen molar-refractivity contribution in [3.05, 3.63) is 54.1 Å². The molecule has 84 valence electrons. The van der Waals surface area contributed by atoms with Crippen LogP contribution in [0, 0.1) is 0 Å². The zero-order valence-corrected chi connectivity index (χ0v) is 9.63. The maximum atomic E-state index is 11.1. The highest BCUT2D eigenvalue weighted by atomic mass is 35.5. The van der Waals surface area contributed by atoms with Gasteiger partial charge in [0.25, 0.3) is 5.24 Å². The Morgan fingerprint density at radius 2 is 1.69 bits per heavy atom. The molecule has 0 aromatic heterocycles. The zero-order chi connectivity index (χ0) is 12.1. The lowest BCUT2D eigenvalue weighted by molar-refractivity contribution is 0.108. The Morgan fingerprint density at radius 1 is 1.25 bits per heavy atom. The standard InChI is InChI=1S/C13H13ClO2/c1-3-5-9-7-11(13(14)16)8-10(6-4-2)12(9)15/h3-4,7-8,15H,1-2,5-6H2. The summed E-state index contributed by atoms with van der Waals surface area (Å²) in [5.74, 6) is 0.182. The molecule has 3 heteroatoms. The Bertz CT molecular complexity index is 405. The summed E-state index contributed by atoms with van der Waals surface area (Å²) in [6.07, 6.45) is 4.31. The highest BCUT2D eigenvalue weighted by Gasteiger charge is 2.11. The van der Waals surface area contributed by atoms with E-state index in [9.17, 15) is 9.90 Å². The summed E-state index contributed by atoms with van der Waals surface area (Å²) in [6.45, 7) is 7.20. The number of halogens is 1. The number of hydrogen-bond donors (Lipinski definition) is 1. The summed E-state index contributed by atoms with van der Waals surface area (Å²) >= 11 is 5.43. The molecule has 0 amide bonds. The lowest BCUT2D eigenvalue weighted by Gasteiger charge is -2.09. The van der Waals surface area contributed by atoms with E-state index >= 15 is 0 Å². The molecule has 0 atom stereocenters. The minimum Gasteiger partial charge on any atom is -0.507 e. The first kappa shape index (κ1) is 12.5. The lowest BCUT2D eigenvalue weighted by Crippen LogP contribution is -1.96. The number of aromatic hydroxyl groups is 1. The molecule has 0 aliphatic rings. The van der Waals surface area contributed by atoms with E-state index in [4.69, 9.17) is 11.6 Å².